The van der Waals surface area contributed by atoms with Crippen molar-refractivity contribution in [3.63, 3.8) is 0 Å². The van der Waals surface area contributed by atoms with Crippen molar-refractivity contribution in [2.24, 2.45) is 0 Å². The molecule has 2 aromatic rings. The highest BCUT2D eigenvalue weighted by molar-refractivity contribution is 7.98. The van der Waals surface area contributed by atoms with E-state index in [2.05, 4.69) is 15.4 Å². The molecule has 0 spiro atoms. The SMILES string of the molecule is COc1ccc([C@H]2C3=C(CCCC3=O)Nc3nc(SC)nn32)c(OC)c1OC. The van der Waals surface area contributed by atoms with E-state index in [1.54, 1.807) is 26.0 Å². The van der Waals surface area contributed by atoms with Crippen molar-refractivity contribution in [3.05, 3.63) is 29.0 Å². The second kappa shape index (κ2) is 7.38. The number of carbonyl (C=O) groups excluding carboxylic acids is 1. The molecule has 2 heterocycles. The predicted octanol–water partition coefficient (Wildman–Crippen LogP) is 3.05. The molecule has 1 atom stereocenters. The molecular formula is C19H22N4O4S. The summed E-state index contributed by atoms with van der Waals surface area (Å²) in [5.74, 6) is 2.30. The van der Waals surface area contributed by atoms with E-state index in [-0.39, 0.29) is 5.78 Å². The Hall–Kier alpha value is -2.68. The average molecular weight is 402 g/mol. The number of fused-ring (bicyclic) bond motifs is 1. The molecule has 0 amide bonds. The minimum atomic E-state index is -0.442. The number of ether oxygens (including phenoxy) is 3. The van der Waals surface area contributed by atoms with Crippen LogP contribution in [0.4, 0.5) is 5.95 Å². The summed E-state index contributed by atoms with van der Waals surface area (Å²) in [5.41, 5.74) is 2.40. The summed E-state index contributed by atoms with van der Waals surface area (Å²) in [6, 6.07) is 3.27. The molecule has 8 nitrogen and oxygen atoms in total. The van der Waals surface area contributed by atoms with E-state index in [1.807, 2.05) is 18.4 Å². The number of hydrogen-bond donors (Lipinski definition) is 1. The molecule has 4 rings (SSSR count). The van der Waals surface area contributed by atoms with Gasteiger partial charge in [-0.2, -0.15) is 4.98 Å². The largest absolute Gasteiger partial charge is 0.493 e. The first-order chi connectivity index (χ1) is 13.6. The van der Waals surface area contributed by atoms with E-state index in [4.69, 9.17) is 14.2 Å². The maximum Gasteiger partial charge on any atom is 0.227 e. The van der Waals surface area contributed by atoms with Crippen LogP contribution in [-0.2, 0) is 4.79 Å². The van der Waals surface area contributed by atoms with Crippen LogP contribution in [0.25, 0.3) is 0 Å². The fourth-order valence-electron chi connectivity index (χ4n) is 3.85. The molecule has 1 aliphatic heterocycles. The summed E-state index contributed by atoms with van der Waals surface area (Å²) in [4.78, 5) is 17.5. The number of nitrogens with one attached hydrogen (secondary N) is 1. The molecule has 1 aliphatic carbocycles. The molecule has 0 saturated heterocycles. The summed E-state index contributed by atoms with van der Waals surface area (Å²) in [6.07, 6.45) is 4.07. The highest BCUT2D eigenvalue weighted by Gasteiger charge is 2.39. The smallest absolute Gasteiger partial charge is 0.227 e. The molecule has 0 unspecified atom stereocenters. The topological polar surface area (TPSA) is 87.5 Å². The Morgan fingerprint density at radius 2 is 1.93 bits per heavy atom. The van der Waals surface area contributed by atoms with Gasteiger partial charge in [-0.05, 0) is 31.2 Å². The first-order valence-electron chi connectivity index (χ1n) is 8.95. The first kappa shape index (κ1) is 18.7. The lowest BCUT2D eigenvalue weighted by atomic mass is 9.85. The van der Waals surface area contributed by atoms with E-state index in [9.17, 15) is 4.79 Å². The highest BCUT2D eigenvalue weighted by Crippen LogP contribution is 2.48. The van der Waals surface area contributed by atoms with Gasteiger partial charge >= 0.3 is 0 Å². The van der Waals surface area contributed by atoms with Gasteiger partial charge in [0.1, 0.15) is 6.04 Å². The van der Waals surface area contributed by atoms with Crippen LogP contribution < -0.4 is 19.5 Å². The monoisotopic (exact) mass is 402 g/mol. The van der Waals surface area contributed by atoms with Gasteiger partial charge < -0.3 is 19.5 Å². The maximum atomic E-state index is 12.9. The second-order valence-electron chi connectivity index (χ2n) is 6.49. The van der Waals surface area contributed by atoms with Crippen LogP contribution in [0.5, 0.6) is 17.2 Å². The van der Waals surface area contributed by atoms with E-state index in [0.717, 1.165) is 24.1 Å². The van der Waals surface area contributed by atoms with Crippen molar-refractivity contribution in [3.8, 4) is 17.2 Å². The lowest BCUT2D eigenvalue weighted by Crippen LogP contribution is -2.31. The molecule has 0 fully saturated rings. The zero-order chi connectivity index (χ0) is 19.8. The number of anilines is 1. The summed E-state index contributed by atoms with van der Waals surface area (Å²) in [5, 5.41) is 8.57. The molecule has 1 N–H and O–H groups in total. The third-order valence-electron chi connectivity index (χ3n) is 5.06. The fourth-order valence-corrected chi connectivity index (χ4v) is 4.20. The van der Waals surface area contributed by atoms with Gasteiger partial charge in [-0.1, -0.05) is 11.8 Å². The van der Waals surface area contributed by atoms with Gasteiger partial charge in [-0.25, -0.2) is 4.68 Å². The van der Waals surface area contributed by atoms with Crippen LogP contribution in [-0.4, -0.2) is 48.1 Å². The summed E-state index contributed by atoms with van der Waals surface area (Å²) >= 11 is 1.45. The average Bonchev–Trinajstić information content (AvgIpc) is 3.14. The van der Waals surface area contributed by atoms with Crippen molar-refractivity contribution >= 4 is 23.5 Å². The quantitative estimate of drug-likeness (QED) is 0.764. The number of nitrogens with zero attached hydrogens (tertiary/aromatic N) is 3. The van der Waals surface area contributed by atoms with Gasteiger partial charge in [0.05, 0.1) is 21.3 Å². The number of allylic oxidation sites excluding steroid dienone is 2. The number of ketones is 1. The molecule has 0 bridgehead atoms. The molecule has 148 valence electrons. The number of rotatable bonds is 5. The molecule has 2 aliphatic rings. The number of Topliss-reactive ketones (excluding diaryl/α,β-unsaturated/α-hetero) is 1. The normalized spacial score (nSPS) is 18.3. The van der Waals surface area contributed by atoms with E-state index in [0.29, 0.717) is 40.3 Å². The van der Waals surface area contributed by atoms with E-state index < -0.39 is 6.04 Å². The third kappa shape index (κ3) is 2.81. The van der Waals surface area contributed by atoms with E-state index >= 15 is 0 Å². The van der Waals surface area contributed by atoms with Crippen LogP contribution in [0.3, 0.4) is 0 Å². The van der Waals surface area contributed by atoms with E-state index in [1.165, 1.54) is 11.8 Å². The molecule has 28 heavy (non-hydrogen) atoms. The molecule has 0 radical (unpaired) electrons. The Morgan fingerprint density at radius 3 is 2.61 bits per heavy atom. The van der Waals surface area contributed by atoms with Crippen molar-refractivity contribution in [2.75, 3.05) is 32.9 Å². The van der Waals surface area contributed by atoms with Gasteiger partial charge in [0.25, 0.3) is 0 Å². The Labute approximate surface area is 167 Å². The third-order valence-corrected chi connectivity index (χ3v) is 5.60. The Balaban J connectivity index is 1.97. The lowest BCUT2D eigenvalue weighted by molar-refractivity contribution is -0.116. The Morgan fingerprint density at radius 1 is 1.14 bits per heavy atom. The number of methoxy groups -OCH3 is 3. The van der Waals surface area contributed by atoms with Crippen molar-refractivity contribution in [2.45, 2.75) is 30.5 Å². The highest BCUT2D eigenvalue weighted by atomic mass is 32.2. The number of benzene rings is 1. The minimum Gasteiger partial charge on any atom is -0.493 e. The number of hydrogen-bond acceptors (Lipinski definition) is 8. The van der Waals surface area contributed by atoms with Gasteiger partial charge in [-0.3, -0.25) is 4.79 Å². The van der Waals surface area contributed by atoms with Crippen LogP contribution in [0, 0.1) is 0 Å². The van der Waals surface area contributed by atoms with Gasteiger partial charge in [-0.15, -0.1) is 5.10 Å². The Kier molecular flexibility index (Phi) is 4.92. The number of aromatic nitrogens is 3. The van der Waals surface area contributed by atoms with Crippen molar-refractivity contribution in [1.29, 1.82) is 0 Å². The molecule has 0 saturated carbocycles. The predicted molar refractivity (Wildman–Crippen MR) is 106 cm³/mol. The molecule has 1 aromatic carbocycles. The van der Waals surface area contributed by atoms with Gasteiger partial charge in [0.2, 0.25) is 16.9 Å². The zero-order valence-electron chi connectivity index (χ0n) is 16.2. The first-order valence-corrected chi connectivity index (χ1v) is 10.2. The lowest BCUT2D eigenvalue weighted by Gasteiger charge is -2.33. The Bertz CT molecular complexity index is 969. The minimum absolute atomic E-state index is 0.113. The van der Waals surface area contributed by atoms with Crippen molar-refractivity contribution in [1.82, 2.24) is 14.8 Å². The fraction of sp³-hybridized carbons (Fsp3) is 0.421. The number of thioether (sulfide) groups is 1. The molecule has 9 heteroatoms. The molecule has 1 aromatic heterocycles. The van der Waals surface area contributed by atoms with Crippen LogP contribution >= 0.6 is 11.8 Å². The summed E-state index contributed by atoms with van der Waals surface area (Å²) < 4.78 is 18.4. The summed E-state index contributed by atoms with van der Waals surface area (Å²) in [7, 11) is 4.72. The maximum absolute atomic E-state index is 12.9. The second-order valence-corrected chi connectivity index (χ2v) is 7.26. The van der Waals surface area contributed by atoms with Gasteiger partial charge in [0, 0.05) is 23.3 Å². The standard InChI is InChI=1S/C19H22N4O4S/c1-25-13-9-8-10(16(26-2)17(13)27-3)15-14-11(6-5-7-12(14)24)20-18-21-19(28-4)22-23(15)18/h8-9,15H,5-7H2,1-4H3,(H,20,21,22)/t15-/m0/s1. The van der Waals surface area contributed by atoms with Gasteiger partial charge in [0.15, 0.2) is 17.3 Å². The van der Waals surface area contributed by atoms with Crippen LogP contribution in [0.2, 0.25) is 0 Å². The summed E-state index contributed by atoms with van der Waals surface area (Å²) in [6.45, 7) is 0. The number of carbonyl (C=O) groups is 1. The van der Waals surface area contributed by atoms with Crippen molar-refractivity contribution < 1.29 is 19.0 Å². The van der Waals surface area contributed by atoms with Crippen LogP contribution in [0.1, 0.15) is 30.9 Å². The molecular weight excluding hydrogens is 380 g/mol. The zero-order valence-corrected chi connectivity index (χ0v) is 17.1. The van der Waals surface area contributed by atoms with Crippen LogP contribution in [0.15, 0.2) is 28.6 Å².